The van der Waals surface area contributed by atoms with Gasteiger partial charge in [0.15, 0.2) is 0 Å². The number of carbonyl (C=O) groups excluding carboxylic acids is 1. The number of halogens is 4. The smallest absolute Gasteiger partial charge is 0.333 e. The van der Waals surface area contributed by atoms with Crippen LogP contribution in [0.1, 0.15) is 13.3 Å². The van der Waals surface area contributed by atoms with E-state index in [0.717, 1.165) is 0 Å². The van der Waals surface area contributed by atoms with E-state index in [1.807, 2.05) is 0 Å². The van der Waals surface area contributed by atoms with Crippen molar-refractivity contribution in [2.24, 2.45) is 0 Å². The van der Waals surface area contributed by atoms with Crippen molar-refractivity contribution >= 4 is 17.5 Å². The fourth-order valence-electron chi connectivity index (χ4n) is 0.863. The van der Waals surface area contributed by atoms with Crippen LogP contribution in [0.25, 0.3) is 0 Å². The molecule has 13 heavy (non-hydrogen) atoms. The third kappa shape index (κ3) is 5.74. The van der Waals surface area contributed by atoms with Gasteiger partial charge in [-0.25, -0.2) is 0 Å². The van der Waals surface area contributed by atoms with Gasteiger partial charge < -0.3 is 4.90 Å². The van der Waals surface area contributed by atoms with E-state index in [-0.39, 0.29) is 6.54 Å². The predicted molar refractivity (Wildman–Crippen MR) is 43.6 cm³/mol. The molecule has 0 atom stereocenters. The molecule has 0 fully saturated rings. The van der Waals surface area contributed by atoms with Gasteiger partial charge in [0.2, 0.25) is 5.91 Å². The molecule has 0 aliphatic carbocycles. The molecule has 0 bridgehead atoms. The average molecular weight is 218 g/mol. The molecular weight excluding hydrogens is 207 g/mol. The van der Waals surface area contributed by atoms with Crippen molar-refractivity contribution in [2.45, 2.75) is 19.5 Å². The molecule has 0 spiro atoms. The first-order chi connectivity index (χ1) is 5.90. The van der Waals surface area contributed by atoms with E-state index < -0.39 is 24.5 Å². The highest BCUT2D eigenvalue weighted by Crippen LogP contribution is 2.16. The van der Waals surface area contributed by atoms with Gasteiger partial charge >= 0.3 is 6.18 Å². The van der Waals surface area contributed by atoms with Gasteiger partial charge in [0.05, 0.1) is 0 Å². The lowest BCUT2D eigenvalue weighted by atomic mass is 10.4. The minimum absolute atomic E-state index is 0.0884. The van der Waals surface area contributed by atoms with Crippen molar-refractivity contribution in [2.75, 3.05) is 19.0 Å². The Kier molecular flexibility index (Phi) is 5.13. The molecule has 1 amide bonds. The van der Waals surface area contributed by atoms with E-state index in [4.69, 9.17) is 11.6 Å². The van der Waals surface area contributed by atoms with E-state index >= 15 is 0 Å². The molecule has 2 nitrogen and oxygen atoms in total. The molecule has 0 aliphatic heterocycles. The second-order valence-corrected chi connectivity index (χ2v) is 2.83. The van der Waals surface area contributed by atoms with Crippen molar-refractivity contribution in [3.05, 3.63) is 0 Å². The lowest BCUT2D eigenvalue weighted by Crippen LogP contribution is -2.40. The summed E-state index contributed by atoms with van der Waals surface area (Å²) >= 11 is 5.15. The Morgan fingerprint density at radius 3 is 2.31 bits per heavy atom. The molecule has 0 N–H and O–H groups in total. The minimum Gasteiger partial charge on any atom is -0.333 e. The maximum Gasteiger partial charge on any atom is 0.406 e. The van der Waals surface area contributed by atoms with Crippen LogP contribution in [0.3, 0.4) is 0 Å². The average Bonchev–Trinajstić information content (AvgIpc) is 2.00. The van der Waals surface area contributed by atoms with Crippen LogP contribution >= 0.6 is 11.6 Å². The van der Waals surface area contributed by atoms with Gasteiger partial charge in [-0.15, -0.1) is 11.6 Å². The molecule has 0 aromatic carbocycles. The molecule has 0 aromatic heterocycles. The van der Waals surface area contributed by atoms with Crippen molar-refractivity contribution in [1.29, 1.82) is 0 Å². The third-order valence-electron chi connectivity index (χ3n) is 1.33. The number of alkyl halides is 4. The number of nitrogens with zero attached hydrogens (tertiary/aromatic N) is 1. The van der Waals surface area contributed by atoms with Crippen molar-refractivity contribution in [3.8, 4) is 0 Å². The van der Waals surface area contributed by atoms with Gasteiger partial charge in [-0.3, -0.25) is 4.79 Å². The van der Waals surface area contributed by atoms with Gasteiger partial charge in [-0.1, -0.05) is 6.92 Å². The first-order valence-corrected chi connectivity index (χ1v) is 4.34. The summed E-state index contributed by atoms with van der Waals surface area (Å²) in [6.07, 6.45) is -3.87. The van der Waals surface area contributed by atoms with Crippen LogP contribution < -0.4 is 0 Å². The Balaban J connectivity index is 4.17. The molecule has 0 saturated heterocycles. The normalized spacial score (nSPS) is 11.5. The third-order valence-corrected chi connectivity index (χ3v) is 1.56. The van der Waals surface area contributed by atoms with Gasteiger partial charge in [0, 0.05) is 6.54 Å². The van der Waals surface area contributed by atoms with Crippen molar-refractivity contribution < 1.29 is 18.0 Å². The highest BCUT2D eigenvalue weighted by atomic mass is 35.5. The number of hydrogen-bond acceptors (Lipinski definition) is 1. The minimum atomic E-state index is -4.35. The van der Waals surface area contributed by atoms with Crippen LogP contribution in [-0.2, 0) is 4.79 Å². The zero-order valence-electron chi connectivity index (χ0n) is 7.20. The fraction of sp³-hybridized carbons (Fsp3) is 0.857. The molecular formula is C7H11ClF3NO. The van der Waals surface area contributed by atoms with Crippen LogP contribution in [0.5, 0.6) is 0 Å². The molecule has 0 heterocycles. The summed E-state index contributed by atoms with van der Waals surface area (Å²) < 4.78 is 35.7. The standard InChI is InChI=1S/C7H11ClF3NO/c1-2-3-12(6(13)4-8)5-7(9,10)11/h2-5H2,1H3. The second-order valence-electron chi connectivity index (χ2n) is 2.56. The summed E-state index contributed by atoms with van der Waals surface area (Å²) in [4.78, 5) is 11.6. The Morgan fingerprint density at radius 2 is 2.00 bits per heavy atom. The molecule has 0 aromatic rings. The lowest BCUT2D eigenvalue weighted by molar-refractivity contribution is -0.159. The van der Waals surface area contributed by atoms with Crippen LogP contribution in [0.4, 0.5) is 13.2 Å². The summed E-state index contributed by atoms with van der Waals surface area (Å²) in [5.74, 6) is -1.09. The Hall–Kier alpha value is -0.450. The van der Waals surface area contributed by atoms with Crippen LogP contribution in [0.2, 0.25) is 0 Å². The number of rotatable bonds is 4. The highest BCUT2D eigenvalue weighted by Gasteiger charge is 2.32. The summed E-state index contributed by atoms with van der Waals surface area (Å²) in [7, 11) is 0. The summed E-state index contributed by atoms with van der Waals surface area (Å²) in [6, 6.07) is 0. The summed E-state index contributed by atoms with van der Waals surface area (Å²) in [5, 5.41) is 0. The van der Waals surface area contributed by atoms with Gasteiger partial charge in [-0.2, -0.15) is 13.2 Å². The fourth-order valence-corrected chi connectivity index (χ4v) is 1.03. The molecule has 0 saturated carbocycles. The summed E-state index contributed by atoms with van der Waals surface area (Å²) in [5.41, 5.74) is 0. The number of amides is 1. The van der Waals surface area contributed by atoms with Crippen LogP contribution in [0, 0.1) is 0 Å². The van der Waals surface area contributed by atoms with Crippen LogP contribution in [0.15, 0.2) is 0 Å². The zero-order valence-corrected chi connectivity index (χ0v) is 7.95. The molecule has 0 aliphatic rings. The predicted octanol–water partition coefficient (Wildman–Crippen LogP) is 2.03. The van der Waals surface area contributed by atoms with Crippen LogP contribution in [-0.4, -0.2) is 36.0 Å². The largest absolute Gasteiger partial charge is 0.406 e. The van der Waals surface area contributed by atoms with Crippen molar-refractivity contribution in [3.63, 3.8) is 0 Å². The van der Waals surface area contributed by atoms with Crippen molar-refractivity contribution in [1.82, 2.24) is 4.90 Å². The number of hydrogen-bond donors (Lipinski definition) is 0. The quantitative estimate of drug-likeness (QED) is 0.660. The number of carbonyl (C=O) groups is 1. The Bertz CT molecular complexity index is 172. The first-order valence-electron chi connectivity index (χ1n) is 3.81. The maximum absolute atomic E-state index is 11.9. The molecule has 78 valence electrons. The molecule has 6 heteroatoms. The Labute approximate surface area is 79.7 Å². The van der Waals surface area contributed by atoms with E-state index in [1.54, 1.807) is 6.92 Å². The second kappa shape index (κ2) is 5.32. The SMILES string of the molecule is CCCN(CC(F)(F)F)C(=O)CCl. The lowest BCUT2D eigenvalue weighted by Gasteiger charge is -2.22. The first kappa shape index (κ1) is 12.6. The molecule has 0 unspecified atom stereocenters. The topological polar surface area (TPSA) is 20.3 Å². The van der Waals surface area contributed by atoms with E-state index in [2.05, 4.69) is 0 Å². The molecule has 0 radical (unpaired) electrons. The van der Waals surface area contributed by atoms with E-state index in [9.17, 15) is 18.0 Å². The summed E-state index contributed by atoms with van der Waals surface area (Å²) in [6.45, 7) is 0.572. The zero-order chi connectivity index (χ0) is 10.5. The van der Waals surface area contributed by atoms with Gasteiger partial charge in [0.1, 0.15) is 12.4 Å². The monoisotopic (exact) mass is 217 g/mol. The van der Waals surface area contributed by atoms with E-state index in [1.165, 1.54) is 0 Å². The van der Waals surface area contributed by atoms with E-state index in [0.29, 0.717) is 11.3 Å². The highest BCUT2D eigenvalue weighted by molar-refractivity contribution is 6.27. The van der Waals surface area contributed by atoms with Gasteiger partial charge in [-0.05, 0) is 6.42 Å². The maximum atomic E-state index is 11.9. The van der Waals surface area contributed by atoms with Gasteiger partial charge in [0.25, 0.3) is 0 Å². The Morgan fingerprint density at radius 1 is 1.46 bits per heavy atom. The molecule has 0 rings (SSSR count).